The molecule has 10 rings (SSSR count). The minimum atomic E-state index is 0.104. The molecular formula is C43H28N2. The summed E-state index contributed by atoms with van der Waals surface area (Å²) >= 11 is 0. The van der Waals surface area contributed by atoms with E-state index in [2.05, 4.69) is 150 Å². The van der Waals surface area contributed by atoms with Crippen LogP contribution in [-0.2, 0) is 0 Å². The third-order valence-electron chi connectivity index (χ3n) is 9.96. The van der Waals surface area contributed by atoms with Gasteiger partial charge < -0.3 is 4.57 Å². The summed E-state index contributed by atoms with van der Waals surface area (Å²) in [6, 6.07) is 35.5. The second kappa shape index (κ2) is 9.38. The van der Waals surface area contributed by atoms with E-state index in [1.165, 1.54) is 83.2 Å². The fraction of sp³-hybridized carbons (Fsp3) is 0.0465. The SMILES string of the molecule is C1=CC2=CC3=C4C(=CC=C5C=CC(c6ccc(-c7ccc8c(c7)c7ccccc7n8-c7ccccc7)cc6)=C(C=C3)C54)C2N=C1. The predicted octanol–water partition coefficient (Wildman–Crippen LogP) is 10.1. The largest absolute Gasteiger partial charge is 0.309 e. The Balaban J connectivity index is 1.04. The summed E-state index contributed by atoms with van der Waals surface area (Å²) in [5, 5.41) is 2.55. The second-order valence-electron chi connectivity index (χ2n) is 12.3. The van der Waals surface area contributed by atoms with Crippen molar-refractivity contribution < 1.29 is 0 Å². The zero-order valence-electron chi connectivity index (χ0n) is 24.6. The Labute approximate surface area is 262 Å². The molecule has 0 radical (unpaired) electrons. The molecule has 2 nitrogen and oxygen atoms in total. The topological polar surface area (TPSA) is 17.3 Å². The fourth-order valence-electron chi connectivity index (χ4n) is 7.92. The van der Waals surface area contributed by atoms with Crippen LogP contribution in [0.1, 0.15) is 5.56 Å². The molecule has 2 atom stereocenters. The molecule has 0 spiro atoms. The molecule has 5 aromatic rings. The normalized spacial score (nSPS) is 20.8. The lowest BCUT2D eigenvalue weighted by Gasteiger charge is -2.39. The van der Waals surface area contributed by atoms with E-state index in [-0.39, 0.29) is 12.0 Å². The summed E-state index contributed by atoms with van der Waals surface area (Å²) < 4.78 is 2.37. The van der Waals surface area contributed by atoms with E-state index in [0.29, 0.717) is 0 Å². The van der Waals surface area contributed by atoms with Gasteiger partial charge in [0, 0.05) is 28.6 Å². The molecule has 0 amide bonds. The van der Waals surface area contributed by atoms with E-state index in [1.807, 2.05) is 12.3 Å². The summed E-state index contributed by atoms with van der Waals surface area (Å²) in [6.45, 7) is 0. The first kappa shape index (κ1) is 24.7. The van der Waals surface area contributed by atoms with Gasteiger partial charge in [-0.05, 0) is 98.2 Å². The molecule has 2 heteroatoms. The van der Waals surface area contributed by atoms with Gasteiger partial charge in [-0.25, -0.2) is 0 Å². The Bertz CT molecular complexity index is 2390. The van der Waals surface area contributed by atoms with Gasteiger partial charge >= 0.3 is 0 Å². The van der Waals surface area contributed by atoms with Gasteiger partial charge in [0.2, 0.25) is 0 Å². The van der Waals surface area contributed by atoms with Crippen LogP contribution in [0.3, 0.4) is 0 Å². The van der Waals surface area contributed by atoms with E-state index >= 15 is 0 Å². The molecule has 0 bridgehead atoms. The van der Waals surface area contributed by atoms with Crippen molar-refractivity contribution in [2.45, 2.75) is 6.04 Å². The number of hydrogen-bond acceptors (Lipinski definition) is 1. The lowest BCUT2D eigenvalue weighted by atomic mass is 9.65. The molecule has 2 heterocycles. The third-order valence-corrected chi connectivity index (χ3v) is 9.96. The summed E-state index contributed by atoms with van der Waals surface area (Å²) in [5.74, 6) is 0.257. The fourth-order valence-corrected chi connectivity index (χ4v) is 7.92. The van der Waals surface area contributed by atoms with Gasteiger partial charge in [-0.15, -0.1) is 0 Å². The van der Waals surface area contributed by atoms with Gasteiger partial charge in [0.25, 0.3) is 0 Å². The molecule has 0 N–H and O–H groups in total. The molecular weight excluding hydrogens is 544 g/mol. The lowest BCUT2D eigenvalue weighted by Crippen LogP contribution is -2.29. The molecule has 0 fully saturated rings. The number of aromatic nitrogens is 1. The van der Waals surface area contributed by atoms with Gasteiger partial charge in [0.05, 0.1) is 11.0 Å². The van der Waals surface area contributed by atoms with Crippen molar-refractivity contribution in [3.63, 3.8) is 0 Å². The molecule has 1 aromatic heterocycles. The van der Waals surface area contributed by atoms with E-state index in [9.17, 15) is 0 Å². The summed E-state index contributed by atoms with van der Waals surface area (Å²) in [5.41, 5.74) is 16.8. The maximum Gasteiger partial charge on any atom is 0.100 e. The van der Waals surface area contributed by atoms with Gasteiger partial charge in [-0.1, -0.05) is 109 Å². The Kier molecular flexibility index (Phi) is 5.15. The van der Waals surface area contributed by atoms with E-state index in [0.717, 1.165) is 0 Å². The smallest absolute Gasteiger partial charge is 0.100 e. The monoisotopic (exact) mass is 572 g/mol. The van der Waals surface area contributed by atoms with Gasteiger partial charge in [0.1, 0.15) is 6.04 Å². The van der Waals surface area contributed by atoms with Gasteiger partial charge in [0.15, 0.2) is 0 Å². The number of benzene rings is 4. The summed E-state index contributed by atoms with van der Waals surface area (Å²) in [7, 11) is 0. The zero-order chi connectivity index (χ0) is 29.5. The number of aliphatic imine (C=N–C) groups is 1. The number of fused-ring (bicyclic) bond motifs is 5. The van der Waals surface area contributed by atoms with Crippen molar-refractivity contribution in [2.75, 3.05) is 0 Å². The van der Waals surface area contributed by atoms with Crippen LogP contribution in [0.15, 0.2) is 190 Å². The van der Waals surface area contributed by atoms with Crippen molar-refractivity contribution in [3.05, 3.63) is 191 Å². The number of hydrogen-bond donors (Lipinski definition) is 0. The van der Waals surface area contributed by atoms with Crippen LogP contribution in [0, 0.1) is 5.92 Å². The highest BCUT2D eigenvalue weighted by atomic mass is 15.0. The highest BCUT2D eigenvalue weighted by molar-refractivity contribution is 6.10. The summed E-state index contributed by atoms with van der Waals surface area (Å²) in [4.78, 5) is 4.85. The highest BCUT2D eigenvalue weighted by Gasteiger charge is 2.38. The molecule has 1 aliphatic heterocycles. The number of para-hydroxylation sites is 2. The highest BCUT2D eigenvalue weighted by Crippen LogP contribution is 2.51. The molecule has 5 aliphatic rings. The van der Waals surface area contributed by atoms with Crippen LogP contribution in [-0.4, -0.2) is 16.8 Å². The zero-order valence-corrected chi connectivity index (χ0v) is 24.6. The number of allylic oxidation sites excluding steroid dienone is 12. The molecule has 4 aliphatic carbocycles. The molecule has 0 saturated carbocycles. The van der Waals surface area contributed by atoms with E-state index in [1.54, 1.807) is 0 Å². The number of dihydropyridines is 1. The number of nitrogens with zero attached hydrogens (tertiary/aromatic N) is 2. The van der Waals surface area contributed by atoms with Crippen molar-refractivity contribution in [2.24, 2.45) is 10.9 Å². The third kappa shape index (κ3) is 3.60. The summed E-state index contributed by atoms with van der Waals surface area (Å²) in [6.07, 6.45) is 22.4. The van der Waals surface area contributed by atoms with Crippen LogP contribution in [0.4, 0.5) is 0 Å². The maximum atomic E-state index is 4.85. The first-order valence-corrected chi connectivity index (χ1v) is 15.7. The van der Waals surface area contributed by atoms with Crippen LogP contribution in [0.2, 0.25) is 0 Å². The van der Waals surface area contributed by atoms with E-state index in [4.69, 9.17) is 4.99 Å². The first-order valence-electron chi connectivity index (χ1n) is 15.7. The van der Waals surface area contributed by atoms with Crippen LogP contribution in [0.5, 0.6) is 0 Å². The Morgan fingerprint density at radius 1 is 0.600 bits per heavy atom. The van der Waals surface area contributed by atoms with Gasteiger partial charge in [-0.2, -0.15) is 0 Å². The van der Waals surface area contributed by atoms with E-state index < -0.39 is 0 Å². The Morgan fingerprint density at radius 3 is 2.31 bits per heavy atom. The minimum absolute atomic E-state index is 0.104. The van der Waals surface area contributed by atoms with Gasteiger partial charge in [-0.3, -0.25) is 4.99 Å². The standard InChI is InChI=1S/C43H28N2/c1-2-8-33(9-3-1)45-39-11-5-4-10-35(39)38-26-30(19-23-40(38)45)27-12-14-28(15-13-27)34-20-16-29-17-22-37-42-31(18-21-36(34)41(29)42)25-32-7-6-24-44-43(32)37/h1-26,41,43H. The molecule has 210 valence electrons. The Hall–Kier alpha value is -5.73. The Morgan fingerprint density at radius 2 is 1.40 bits per heavy atom. The predicted molar refractivity (Wildman–Crippen MR) is 188 cm³/mol. The molecule has 2 unspecified atom stereocenters. The van der Waals surface area contributed by atoms with Crippen LogP contribution >= 0.6 is 0 Å². The molecule has 4 aromatic carbocycles. The van der Waals surface area contributed by atoms with Crippen molar-refractivity contribution in [1.82, 2.24) is 4.57 Å². The number of rotatable bonds is 3. The van der Waals surface area contributed by atoms with Crippen molar-refractivity contribution in [3.8, 4) is 16.8 Å². The minimum Gasteiger partial charge on any atom is -0.309 e. The maximum absolute atomic E-state index is 4.85. The lowest BCUT2D eigenvalue weighted by molar-refractivity contribution is 0.786. The first-order chi connectivity index (χ1) is 22.3. The van der Waals surface area contributed by atoms with Crippen molar-refractivity contribution in [1.29, 1.82) is 0 Å². The quantitative estimate of drug-likeness (QED) is 0.205. The average molecular weight is 573 g/mol. The molecule has 45 heavy (non-hydrogen) atoms. The second-order valence-corrected chi connectivity index (χ2v) is 12.3. The molecule has 0 saturated heterocycles. The average Bonchev–Trinajstić information content (AvgIpc) is 3.44. The van der Waals surface area contributed by atoms with Crippen LogP contribution in [0.25, 0.3) is 44.2 Å². The van der Waals surface area contributed by atoms with Crippen molar-refractivity contribution >= 4 is 33.6 Å². The van der Waals surface area contributed by atoms with Crippen LogP contribution < -0.4 is 0 Å².